The molecule has 0 saturated carbocycles. The molecule has 0 radical (unpaired) electrons. The van der Waals surface area contributed by atoms with Gasteiger partial charge in [-0.3, -0.25) is 0 Å². The van der Waals surface area contributed by atoms with Crippen LogP contribution < -0.4 is 0 Å². The molecule has 0 spiro atoms. The van der Waals surface area contributed by atoms with E-state index in [-0.39, 0.29) is 0 Å². The van der Waals surface area contributed by atoms with Gasteiger partial charge in [0.15, 0.2) is 0 Å². The fourth-order valence-corrected chi connectivity index (χ4v) is 1.92. The van der Waals surface area contributed by atoms with Crippen LogP contribution in [0.3, 0.4) is 0 Å². The number of aromatic nitrogens is 1. The van der Waals surface area contributed by atoms with Crippen LogP contribution in [0.5, 0.6) is 5.75 Å². The molecular formula is C14H17NO. The highest BCUT2D eigenvalue weighted by molar-refractivity contribution is 5.37. The lowest BCUT2D eigenvalue weighted by Crippen LogP contribution is -1.91. The Balaban J connectivity index is 2.21. The van der Waals surface area contributed by atoms with Gasteiger partial charge in [-0.25, -0.2) is 0 Å². The van der Waals surface area contributed by atoms with Gasteiger partial charge >= 0.3 is 0 Å². The van der Waals surface area contributed by atoms with E-state index in [1.807, 2.05) is 6.07 Å². The summed E-state index contributed by atoms with van der Waals surface area (Å²) in [7, 11) is 0. The lowest BCUT2D eigenvalue weighted by atomic mass is 10.0. The minimum Gasteiger partial charge on any atom is -0.508 e. The number of H-pyrrole nitrogens is 1. The van der Waals surface area contributed by atoms with E-state index < -0.39 is 0 Å². The van der Waals surface area contributed by atoms with E-state index in [9.17, 15) is 5.11 Å². The van der Waals surface area contributed by atoms with Gasteiger partial charge in [-0.05, 0) is 42.7 Å². The topological polar surface area (TPSA) is 36.0 Å². The molecule has 1 aromatic carbocycles. The van der Waals surface area contributed by atoms with Gasteiger partial charge in [0.2, 0.25) is 0 Å². The predicted octanol–water partition coefficient (Wildman–Crippen LogP) is 3.18. The van der Waals surface area contributed by atoms with E-state index >= 15 is 0 Å². The zero-order chi connectivity index (χ0) is 11.5. The molecule has 2 rings (SSSR count). The minimum absolute atomic E-state index is 0.397. The molecule has 0 saturated heterocycles. The van der Waals surface area contributed by atoms with Crippen molar-refractivity contribution in [2.45, 2.75) is 26.7 Å². The van der Waals surface area contributed by atoms with Gasteiger partial charge in [0.25, 0.3) is 0 Å². The van der Waals surface area contributed by atoms with Crippen LogP contribution >= 0.6 is 0 Å². The summed E-state index contributed by atoms with van der Waals surface area (Å²) in [6, 6.07) is 10.0. The first kappa shape index (κ1) is 10.8. The van der Waals surface area contributed by atoms with Gasteiger partial charge in [-0.15, -0.1) is 0 Å². The first-order valence-corrected chi connectivity index (χ1v) is 5.64. The summed E-state index contributed by atoms with van der Waals surface area (Å²) in [5.74, 6) is 0.397. The average molecular weight is 215 g/mol. The van der Waals surface area contributed by atoms with Crippen LogP contribution in [-0.4, -0.2) is 10.1 Å². The van der Waals surface area contributed by atoms with E-state index in [0.29, 0.717) is 5.75 Å². The van der Waals surface area contributed by atoms with E-state index in [1.165, 1.54) is 17.0 Å². The summed E-state index contributed by atoms with van der Waals surface area (Å²) in [6.45, 7) is 4.11. The molecule has 0 unspecified atom stereocenters. The summed E-state index contributed by atoms with van der Waals surface area (Å²) in [5, 5.41) is 9.60. The van der Waals surface area contributed by atoms with Crippen molar-refractivity contribution >= 4 is 0 Å². The SMILES string of the molecule is CCc1cc(Cc2ccc(C)[nH]2)ccc1O. The van der Waals surface area contributed by atoms with Crippen molar-refractivity contribution in [2.75, 3.05) is 0 Å². The molecule has 0 aliphatic rings. The molecule has 0 aliphatic heterocycles. The van der Waals surface area contributed by atoms with Crippen LogP contribution in [0.2, 0.25) is 0 Å². The van der Waals surface area contributed by atoms with Crippen LogP contribution in [0, 0.1) is 6.92 Å². The third-order valence-electron chi connectivity index (χ3n) is 2.81. The Bertz CT molecular complexity index is 485. The highest BCUT2D eigenvalue weighted by Gasteiger charge is 2.02. The molecule has 0 amide bonds. The highest BCUT2D eigenvalue weighted by Crippen LogP contribution is 2.20. The molecular weight excluding hydrogens is 198 g/mol. The fraction of sp³-hybridized carbons (Fsp3) is 0.286. The van der Waals surface area contributed by atoms with E-state index in [0.717, 1.165) is 18.4 Å². The number of benzene rings is 1. The second-order valence-electron chi connectivity index (χ2n) is 4.16. The van der Waals surface area contributed by atoms with Crippen LogP contribution in [-0.2, 0) is 12.8 Å². The highest BCUT2D eigenvalue weighted by atomic mass is 16.3. The molecule has 0 aliphatic carbocycles. The summed E-state index contributed by atoms with van der Waals surface area (Å²) in [6.07, 6.45) is 1.75. The lowest BCUT2D eigenvalue weighted by Gasteiger charge is -2.05. The number of aromatic hydroxyl groups is 1. The maximum Gasteiger partial charge on any atom is 0.118 e. The summed E-state index contributed by atoms with van der Waals surface area (Å²) in [4.78, 5) is 3.31. The van der Waals surface area contributed by atoms with Crippen LogP contribution in [0.4, 0.5) is 0 Å². The molecule has 1 heterocycles. The number of aryl methyl sites for hydroxylation is 2. The number of hydrogen-bond acceptors (Lipinski definition) is 1. The second-order valence-corrected chi connectivity index (χ2v) is 4.16. The van der Waals surface area contributed by atoms with Gasteiger partial charge in [-0.1, -0.05) is 19.1 Å². The third kappa shape index (κ3) is 2.27. The summed E-state index contributed by atoms with van der Waals surface area (Å²) >= 11 is 0. The Hall–Kier alpha value is -1.70. The van der Waals surface area contributed by atoms with E-state index in [2.05, 4.69) is 37.0 Å². The van der Waals surface area contributed by atoms with Crippen molar-refractivity contribution < 1.29 is 5.11 Å². The van der Waals surface area contributed by atoms with Crippen molar-refractivity contribution in [3.63, 3.8) is 0 Å². The smallest absolute Gasteiger partial charge is 0.118 e. The van der Waals surface area contributed by atoms with Crippen molar-refractivity contribution in [3.8, 4) is 5.75 Å². The van der Waals surface area contributed by atoms with Crippen molar-refractivity contribution in [3.05, 3.63) is 52.8 Å². The van der Waals surface area contributed by atoms with Gasteiger partial charge in [0, 0.05) is 17.8 Å². The molecule has 84 valence electrons. The standard InChI is InChI=1S/C14H17NO/c1-3-12-8-11(5-7-14(12)16)9-13-6-4-10(2)15-13/h4-8,15-16H,3,9H2,1-2H3. The number of rotatable bonds is 3. The molecule has 2 nitrogen and oxygen atoms in total. The van der Waals surface area contributed by atoms with Crippen LogP contribution in [0.25, 0.3) is 0 Å². The molecule has 0 bridgehead atoms. The number of hydrogen-bond donors (Lipinski definition) is 2. The Labute approximate surface area is 96.0 Å². The van der Waals surface area contributed by atoms with Crippen LogP contribution in [0.15, 0.2) is 30.3 Å². The molecule has 0 atom stereocenters. The van der Waals surface area contributed by atoms with E-state index in [4.69, 9.17) is 0 Å². The van der Waals surface area contributed by atoms with Gasteiger partial charge in [0.1, 0.15) is 5.75 Å². The monoisotopic (exact) mass is 215 g/mol. The van der Waals surface area contributed by atoms with Gasteiger partial charge in [0.05, 0.1) is 0 Å². The van der Waals surface area contributed by atoms with Gasteiger partial charge in [-0.2, -0.15) is 0 Å². The Morgan fingerprint density at radius 2 is 2.00 bits per heavy atom. The zero-order valence-corrected chi connectivity index (χ0v) is 9.75. The molecule has 2 heteroatoms. The van der Waals surface area contributed by atoms with E-state index in [1.54, 1.807) is 6.07 Å². The van der Waals surface area contributed by atoms with Crippen LogP contribution in [0.1, 0.15) is 29.4 Å². The Morgan fingerprint density at radius 1 is 1.19 bits per heavy atom. The molecule has 2 aromatic rings. The molecule has 0 fully saturated rings. The number of phenols is 1. The molecule has 1 aromatic heterocycles. The molecule has 2 N–H and O–H groups in total. The predicted molar refractivity (Wildman–Crippen MR) is 65.8 cm³/mol. The average Bonchev–Trinajstić information content (AvgIpc) is 2.67. The number of aromatic amines is 1. The number of nitrogens with one attached hydrogen (secondary N) is 1. The van der Waals surface area contributed by atoms with Crippen molar-refractivity contribution in [2.24, 2.45) is 0 Å². The Morgan fingerprint density at radius 3 is 2.62 bits per heavy atom. The summed E-state index contributed by atoms with van der Waals surface area (Å²) < 4.78 is 0. The third-order valence-corrected chi connectivity index (χ3v) is 2.81. The molecule has 16 heavy (non-hydrogen) atoms. The first-order chi connectivity index (χ1) is 7.69. The fourth-order valence-electron chi connectivity index (χ4n) is 1.92. The normalized spacial score (nSPS) is 10.6. The number of phenolic OH excluding ortho intramolecular Hbond substituents is 1. The van der Waals surface area contributed by atoms with Gasteiger partial charge < -0.3 is 10.1 Å². The Kier molecular flexibility index (Phi) is 3.00. The van der Waals surface area contributed by atoms with Crippen molar-refractivity contribution in [1.29, 1.82) is 0 Å². The maximum atomic E-state index is 9.60. The maximum absolute atomic E-state index is 9.60. The lowest BCUT2D eigenvalue weighted by molar-refractivity contribution is 0.468. The quantitative estimate of drug-likeness (QED) is 0.810. The van der Waals surface area contributed by atoms with Crippen molar-refractivity contribution in [1.82, 2.24) is 4.98 Å². The second kappa shape index (κ2) is 4.44. The summed E-state index contributed by atoms with van der Waals surface area (Å²) in [5.41, 5.74) is 4.65. The first-order valence-electron chi connectivity index (χ1n) is 5.64. The minimum atomic E-state index is 0.397. The zero-order valence-electron chi connectivity index (χ0n) is 9.75. The largest absolute Gasteiger partial charge is 0.508 e.